The van der Waals surface area contributed by atoms with E-state index in [0.717, 1.165) is 56.3 Å². The average molecular weight is 493 g/mol. The molecule has 0 spiro atoms. The highest BCUT2D eigenvalue weighted by Crippen LogP contribution is 2.26. The first-order valence-corrected chi connectivity index (χ1v) is 9.67. The summed E-state index contributed by atoms with van der Waals surface area (Å²) in [5.41, 5.74) is 3.39. The number of rotatable bonds is 5. The molecule has 4 heterocycles. The van der Waals surface area contributed by atoms with Crippen LogP contribution in [0.1, 0.15) is 30.5 Å². The highest BCUT2D eigenvalue weighted by atomic mass is 127. The summed E-state index contributed by atoms with van der Waals surface area (Å²) in [6.07, 6.45) is 10.2. The molecule has 0 aromatic carbocycles. The van der Waals surface area contributed by atoms with Crippen LogP contribution in [0.5, 0.6) is 0 Å². The Morgan fingerprint density at radius 2 is 2.21 bits per heavy atom. The minimum atomic E-state index is 0. The molecule has 1 atom stereocenters. The van der Waals surface area contributed by atoms with Crippen molar-refractivity contribution < 1.29 is 0 Å². The van der Waals surface area contributed by atoms with Crippen LogP contribution in [-0.2, 0) is 13.5 Å². The van der Waals surface area contributed by atoms with Crippen molar-refractivity contribution in [1.29, 1.82) is 0 Å². The molecule has 1 saturated heterocycles. The molecule has 0 radical (unpaired) electrons. The van der Waals surface area contributed by atoms with Crippen molar-refractivity contribution >= 4 is 35.6 Å². The van der Waals surface area contributed by atoms with Gasteiger partial charge < -0.3 is 14.6 Å². The Bertz CT molecular complexity index is 896. The molecule has 8 heteroatoms. The fraction of sp³-hybridized carbons (Fsp3) is 0.450. The molecule has 1 unspecified atom stereocenters. The highest BCUT2D eigenvalue weighted by molar-refractivity contribution is 14.0. The number of likely N-dealkylation sites (tertiary alicyclic amines) is 1. The van der Waals surface area contributed by atoms with E-state index in [-0.39, 0.29) is 24.0 Å². The summed E-state index contributed by atoms with van der Waals surface area (Å²) in [7, 11) is 1.97. The fourth-order valence-electron chi connectivity index (χ4n) is 3.69. The van der Waals surface area contributed by atoms with Crippen LogP contribution in [0.3, 0.4) is 0 Å². The van der Waals surface area contributed by atoms with Gasteiger partial charge in [-0.15, -0.1) is 24.0 Å². The maximum absolute atomic E-state index is 4.86. The topological polar surface area (TPSA) is 62.8 Å². The van der Waals surface area contributed by atoms with Gasteiger partial charge in [0.2, 0.25) is 0 Å². The molecular formula is C20H28IN7. The number of guanidine groups is 1. The summed E-state index contributed by atoms with van der Waals surface area (Å²) in [6.45, 7) is 5.75. The molecule has 1 aliphatic rings. The second-order valence-corrected chi connectivity index (χ2v) is 7.06. The minimum Gasteiger partial charge on any atom is -0.357 e. The van der Waals surface area contributed by atoms with Crippen molar-refractivity contribution in [1.82, 2.24) is 29.4 Å². The summed E-state index contributed by atoms with van der Waals surface area (Å²) in [4.78, 5) is 11.9. The number of nitrogens with zero attached hydrogens (tertiary/aromatic N) is 6. The first kappa shape index (κ1) is 20.6. The number of aromatic nitrogens is 4. The maximum atomic E-state index is 4.86. The van der Waals surface area contributed by atoms with Crippen LogP contribution >= 0.6 is 24.0 Å². The molecule has 0 bridgehead atoms. The lowest BCUT2D eigenvalue weighted by atomic mass is 10.0. The van der Waals surface area contributed by atoms with E-state index in [0.29, 0.717) is 5.92 Å². The molecule has 1 N–H and O–H groups in total. The lowest BCUT2D eigenvalue weighted by Gasteiger charge is -2.21. The zero-order valence-corrected chi connectivity index (χ0v) is 18.8. The van der Waals surface area contributed by atoms with Crippen LogP contribution in [0.4, 0.5) is 0 Å². The molecule has 0 aliphatic carbocycles. The van der Waals surface area contributed by atoms with E-state index in [2.05, 4.69) is 44.0 Å². The van der Waals surface area contributed by atoms with Crippen LogP contribution in [0.25, 0.3) is 5.65 Å². The Labute approximate surface area is 182 Å². The molecular weight excluding hydrogens is 465 g/mol. The van der Waals surface area contributed by atoms with Gasteiger partial charge in [-0.05, 0) is 31.0 Å². The summed E-state index contributed by atoms with van der Waals surface area (Å²) in [5, 5.41) is 7.76. The summed E-state index contributed by atoms with van der Waals surface area (Å²) in [6, 6.07) is 6.06. The monoisotopic (exact) mass is 493 g/mol. The molecule has 0 saturated carbocycles. The summed E-state index contributed by atoms with van der Waals surface area (Å²) < 4.78 is 3.94. The van der Waals surface area contributed by atoms with Gasteiger partial charge in [0.15, 0.2) is 5.96 Å². The normalized spacial score (nSPS) is 17.1. The quantitative estimate of drug-likeness (QED) is 0.338. The van der Waals surface area contributed by atoms with E-state index < -0.39 is 0 Å². The SMILES string of the molecule is CCNC(=NCCc1cn2ccccc2n1)N1CCC(c2cnn(C)c2)C1.I. The van der Waals surface area contributed by atoms with Gasteiger partial charge in [-0.25, -0.2) is 4.98 Å². The number of halogens is 1. The number of pyridine rings is 1. The molecule has 4 rings (SSSR count). The Morgan fingerprint density at radius 1 is 1.32 bits per heavy atom. The summed E-state index contributed by atoms with van der Waals surface area (Å²) >= 11 is 0. The van der Waals surface area contributed by atoms with Gasteiger partial charge >= 0.3 is 0 Å². The van der Waals surface area contributed by atoms with Gasteiger partial charge in [0, 0.05) is 64.2 Å². The van der Waals surface area contributed by atoms with E-state index >= 15 is 0 Å². The molecule has 1 aliphatic heterocycles. The maximum Gasteiger partial charge on any atom is 0.193 e. The second-order valence-electron chi connectivity index (χ2n) is 7.06. The van der Waals surface area contributed by atoms with Crippen LogP contribution in [0.15, 0.2) is 48.0 Å². The predicted octanol–water partition coefficient (Wildman–Crippen LogP) is 2.68. The standard InChI is InChI=1S/C20H27N7.HI/c1-3-21-20(27-11-8-16(14-27)17-12-23-25(2)13-17)22-9-7-18-15-26-10-5-4-6-19(26)24-18;/h4-6,10,12-13,15-16H,3,7-9,11,14H2,1-2H3,(H,21,22);1H. The van der Waals surface area contributed by atoms with E-state index in [9.17, 15) is 0 Å². The molecule has 3 aromatic heterocycles. The van der Waals surface area contributed by atoms with Crippen LogP contribution in [0.2, 0.25) is 0 Å². The van der Waals surface area contributed by atoms with Gasteiger partial charge in [-0.2, -0.15) is 5.10 Å². The third-order valence-corrected chi connectivity index (χ3v) is 5.06. The van der Waals surface area contributed by atoms with Gasteiger partial charge in [-0.3, -0.25) is 9.67 Å². The molecule has 1 fully saturated rings. The van der Waals surface area contributed by atoms with Crippen LogP contribution in [0, 0.1) is 0 Å². The first-order chi connectivity index (χ1) is 13.2. The molecule has 3 aromatic rings. The Morgan fingerprint density at radius 3 is 2.96 bits per heavy atom. The molecule has 28 heavy (non-hydrogen) atoms. The molecule has 0 amide bonds. The number of imidazole rings is 1. The smallest absolute Gasteiger partial charge is 0.193 e. The van der Waals surface area contributed by atoms with Gasteiger partial charge in [0.05, 0.1) is 11.9 Å². The van der Waals surface area contributed by atoms with Gasteiger partial charge in [-0.1, -0.05) is 6.07 Å². The van der Waals surface area contributed by atoms with Crippen LogP contribution in [-0.4, -0.2) is 56.2 Å². The van der Waals surface area contributed by atoms with Crippen molar-refractivity contribution in [3.63, 3.8) is 0 Å². The van der Waals surface area contributed by atoms with Crippen molar-refractivity contribution in [3.8, 4) is 0 Å². The third kappa shape index (κ3) is 4.65. The van der Waals surface area contributed by atoms with Crippen molar-refractivity contribution in [2.45, 2.75) is 25.7 Å². The largest absolute Gasteiger partial charge is 0.357 e. The minimum absolute atomic E-state index is 0. The van der Waals surface area contributed by atoms with Gasteiger partial charge in [0.1, 0.15) is 5.65 Å². The van der Waals surface area contributed by atoms with Crippen molar-refractivity contribution in [2.24, 2.45) is 12.0 Å². The molecule has 7 nitrogen and oxygen atoms in total. The summed E-state index contributed by atoms with van der Waals surface area (Å²) in [5.74, 6) is 1.54. The van der Waals surface area contributed by atoms with E-state index in [1.165, 1.54) is 5.56 Å². The molecule has 150 valence electrons. The highest BCUT2D eigenvalue weighted by Gasteiger charge is 2.26. The lowest BCUT2D eigenvalue weighted by molar-refractivity contribution is 0.486. The number of aryl methyl sites for hydroxylation is 1. The van der Waals surface area contributed by atoms with Gasteiger partial charge in [0.25, 0.3) is 0 Å². The Balaban J connectivity index is 0.00000225. The number of nitrogens with one attached hydrogen (secondary N) is 1. The van der Waals surface area contributed by atoms with E-state index in [4.69, 9.17) is 4.99 Å². The lowest BCUT2D eigenvalue weighted by Crippen LogP contribution is -2.40. The first-order valence-electron chi connectivity index (χ1n) is 9.67. The Hall–Kier alpha value is -2.10. The zero-order valence-electron chi connectivity index (χ0n) is 16.5. The Kier molecular flexibility index (Phi) is 6.93. The zero-order chi connectivity index (χ0) is 18.6. The van der Waals surface area contributed by atoms with Crippen molar-refractivity contribution in [2.75, 3.05) is 26.2 Å². The second kappa shape index (κ2) is 9.40. The van der Waals surface area contributed by atoms with E-state index in [1.807, 2.05) is 42.3 Å². The van der Waals surface area contributed by atoms with Crippen molar-refractivity contribution in [3.05, 3.63) is 54.2 Å². The van der Waals surface area contributed by atoms with Crippen LogP contribution < -0.4 is 5.32 Å². The number of hydrogen-bond acceptors (Lipinski definition) is 3. The number of hydrogen-bond donors (Lipinski definition) is 1. The van der Waals surface area contributed by atoms with E-state index in [1.54, 1.807) is 0 Å². The predicted molar refractivity (Wildman–Crippen MR) is 122 cm³/mol. The average Bonchev–Trinajstić information content (AvgIpc) is 3.39. The third-order valence-electron chi connectivity index (χ3n) is 5.06. The fourth-order valence-corrected chi connectivity index (χ4v) is 3.69. The number of fused-ring (bicyclic) bond motifs is 1. The number of aliphatic imine (C=N–C) groups is 1.